The molecule has 2 heterocycles. The summed E-state index contributed by atoms with van der Waals surface area (Å²) in [7, 11) is 0. The van der Waals surface area contributed by atoms with Crippen molar-refractivity contribution in [1.82, 2.24) is 20.3 Å². The third-order valence-corrected chi connectivity index (χ3v) is 4.39. The molecule has 2 aromatic heterocycles. The van der Waals surface area contributed by atoms with Crippen LogP contribution in [0.1, 0.15) is 53.2 Å². The van der Waals surface area contributed by atoms with Gasteiger partial charge in [0.05, 0.1) is 17.1 Å². The zero-order chi connectivity index (χ0) is 15.4. The Hall–Kier alpha value is -1.33. The molecule has 2 rings (SSSR count). The minimum atomic E-state index is 0.431. The van der Waals surface area contributed by atoms with E-state index in [0.29, 0.717) is 12.3 Å². The molecule has 0 saturated carbocycles. The van der Waals surface area contributed by atoms with Crippen molar-refractivity contribution in [3.05, 3.63) is 38.9 Å². The molecule has 0 amide bonds. The Kier molecular flexibility index (Phi) is 5.42. The lowest BCUT2D eigenvalue weighted by molar-refractivity contribution is 0.622. The molecule has 21 heavy (non-hydrogen) atoms. The van der Waals surface area contributed by atoms with E-state index in [1.54, 1.807) is 11.3 Å². The molecule has 0 bridgehead atoms. The predicted molar refractivity (Wildman–Crippen MR) is 88.1 cm³/mol. The first kappa shape index (κ1) is 16.0. The lowest BCUT2D eigenvalue weighted by Crippen LogP contribution is -2.21. The Morgan fingerprint density at radius 1 is 1.14 bits per heavy atom. The monoisotopic (exact) mass is 304 g/mol. The Morgan fingerprint density at radius 3 is 2.33 bits per heavy atom. The molecule has 0 saturated heterocycles. The molecule has 0 aliphatic heterocycles. The zero-order valence-electron chi connectivity index (χ0n) is 13.5. The Morgan fingerprint density at radius 2 is 1.81 bits per heavy atom. The summed E-state index contributed by atoms with van der Waals surface area (Å²) in [6, 6.07) is 0. The summed E-state index contributed by atoms with van der Waals surface area (Å²) in [4.78, 5) is 13.9. The lowest BCUT2D eigenvalue weighted by atomic mass is 9.98. The van der Waals surface area contributed by atoms with Gasteiger partial charge in [0, 0.05) is 23.3 Å². The molecule has 0 spiro atoms. The maximum atomic E-state index is 4.69. The summed E-state index contributed by atoms with van der Waals surface area (Å²) in [5.74, 6) is 1.30. The van der Waals surface area contributed by atoms with Crippen molar-refractivity contribution < 1.29 is 0 Å². The molecule has 0 radical (unpaired) electrons. The Bertz CT molecular complexity index is 583. The number of thiazole rings is 1. The summed E-state index contributed by atoms with van der Waals surface area (Å²) in [6.07, 6.45) is 0.716. The van der Waals surface area contributed by atoms with Gasteiger partial charge in [-0.1, -0.05) is 13.8 Å². The van der Waals surface area contributed by atoms with Crippen LogP contribution >= 0.6 is 11.3 Å². The fraction of sp³-hybridized carbons (Fsp3) is 0.562. The third kappa shape index (κ3) is 4.08. The molecule has 4 nitrogen and oxygen atoms in total. The molecule has 1 unspecified atom stereocenters. The number of nitrogens with zero attached hydrogens (tertiary/aromatic N) is 3. The van der Waals surface area contributed by atoms with Gasteiger partial charge in [-0.15, -0.1) is 11.3 Å². The average molecular weight is 304 g/mol. The number of hydrogen-bond donors (Lipinski definition) is 1. The standard InChI is InChI=1S/C16H24N4S/c1-6-17-8-10(2)16-11(3)18-15(19-12(16)4)7-14-9-21-13(5)20-14/h9-10,17H,6-8H2,1-5H3. The highest BCUT2D eigenvalue weighted by Crippen LogP contribution is 2.21. The largest absolute Gasteiger partial charge is 0.316 e. The van der Waals surface area contributed by atoms with Crippen molar-refractivity contribution in [3.63, 3.8) is 0 Å². The second-order valence-electron chi connectivity index (χ2n) is 5.47. The fourth-order valence-corrected chi connectivity index (χ4v) is 3.31. The molecular formula is C16H24N4S. The smallest absolute Gasteiger partial charge is 0.134 e. The first-order valence-corrected chi connectivity index (χ1v) is 8.35. The predicted octanol–water partition coefficient (Wildman–Crippen LogP) is 3.16. The summed E-state index contributed by atoms with van der Waals surface area (Å²) in [5, 5.41) is 6.57. The minimum Gasteiger partial charge on any atom is -0.316 e. The van der Waals surface area contributed by atoms with Crippen molar-refractivity contribution in [2.45, 2.75) is 47.0 Å². The molecule has 0 aliphatic rings. The van der Waals surface area contributed by atoms with E-state index in [9.17, 15) is 0 Å². The number of rotatable bonds is 6. The molecule has 114 valence electrons. The molecular weight excluding hydrogens is 280 g/mol. The van der Waals surface area contributed by atoms with Crippen LogP contribution in [0.2, 0.25) is 0 Å². The maximum Gasteiger partial charge on any atom is 0.134 e. The number of hydrogen-bond acceptors (Lipinski definition) is 5. The third-order valence-electron chi connectivity index (χ3n) is 3.57. The van der Waals surface area contributed by atoms with E-state index in [4.69, 9.17) is 9.97 Å². The highest BCUT2D eigenvalue weighted by molar-refractivity contribution is 7.09. The highest BCUT2D eigenvalue weighted by atomic mass is 32.1. The van der Waals surface area contributed by atoms with Gasteiger partial charge in [0.2, 0.25) is 0 Å². The van der Waals surface area contributed by atoms with Crippen molar-refractivity contribution in [1.29, 1.82) is 0 Å². The summed E-state index contributed by atoms with van der Waals surface area (Å²) >= 11 is 1.67. The molecule has 1 N–H and O–H groups in total. The van der Waals surface area contributed by atoms with Crippen LogP contribution in [0.4, 0.5) is 0 Å². The molecule has 2 aromatic rings. The molecule has 0 aromatic carbocycles. The van der Waals surface area contributed by atoms with Crippen LogP contribution in [-0.2, 0) is 6.42 Å². The van der Waals surface area contributed by atoms with E-state index in [-0.39, 0.29) is 0 Å². The highest BCUT2D eigenvalue weighted by Gasteiger charge is 2.15. The van der Waals surface area contributed by atoms with Crippen molar-refractivity contribution in [2.24, 2.45) is 0 Å². The summed E-state index contributed by atoms with van der Waals surface area (Å²) in [5.41, 5.74) is 4.52. The zero-order valence-corrected chi connectivity index (χ0v) is 14.3. The van der Waals surface area contributed by atoms with Crippen LogP contribution in [-0.4, -0.2) is 28.0 Å². The Labute approximate surface area is 131 Å². The number of likely N-dealkylation sites (N-methyl/N-ethyl adjacent to an activating group) is 1. The van der Waals surface area contributed by atoms with Gasteiger partial charge in [0.15, 0.2) is 0 Å². The van der Waals surface area contributed by atoms with Crippen LogP contribution in [0, 0.1) is 20.8 Å². The number of nitrogens with one attached hydrogen (secondary N) is 1. The lowest BCUT2D eigenvalue weighted by Gasteiger charge is -2.17. The topological polar surface area (TPSA) is 50.7 Å². The average Bonchev–Trinajstić information content (AvgIpc) is 2.81. The van der Waals surface area contributed by atoms with Crippen LogP contribution < -0.4 is 5.32 Å². The molecule has 1 atom stereocenters. The van der Waals surface area contributed by atoms with E-state index in [1.807, 2.05) is 6.92 Å². The fourth-order valence-electron chi connectivity index (χ4n) is 2.70. The summed E-state index contributed by atoms with van der Waals surface area (Å²) in [6.45, 7) is 12.5. The summed E-state index contributed by atoms with van der Waals surface area (Å²) < 4.78 is 0. The van der Waals surface area contributed by atoms with Crippen molar-refractivity contribution >= 4 is 11.3 Å². The van der Waals surface area contributed by atoms with Gasteiger partial charge in [-0.25, -0.2) is 15.0 Å². The van der Waals surface area contributed by atoms with Crippen LogP contribution in [0.5, 0.6) is 0 Å². The Balaban J connectivity index is 2.20. The van der Waals surface area contributed by atoms with E-state index in [2.05, 4.69) is 43.4 Å². The maximum absolute atomic E-state index is 4.69. The second-order valence-corrected chi connectivity index (χ2v) is 6.53. The van der Waals surface area contributed by atoms with Crippen molar-refractivity contribution in [3.8, 4) is 0 Å². The first-order chi connectivity index (χ1) is 10.0. The normalized spacial score (nSPS) is 12.6. The molecule has 0 fully saturated rings. The van der Waals surface area contributed by atoms with E-state index in [1.165, 1.54) is 5.56 Å². The van der Waals surface area contributed by atoms with Crippen LogP contribution in [0.3, 0.4) is 0 Å². The van der Waals surface area contributed by atoms with E-state index in [0.717, 1.165) is 41.0 Å². The van der Waals surface area contributed by atoms with E-state index < -0.39 is 0 Å². The molecule has 5 heteroatoms. The van der Waals surface area contributed by atoms with E-state index >= 15 is 0 Å². The first-order valence-electron chi connectivity index (χ1n) is 7.47. The molecule has 0 aliphatic carbocycles. The van der Waals surface area contributed by atoms with Gasteiger partial charge in [-0.3, -0.25) is 0 Å². The van der Waals surface area contributed by atoms with Crippen LogP contribution in [0.15, 0.2) is 5.38 Å². The van der Waals surface area contributed by atoms with Crippen LogP contribution in [0.25, 0.3) is 0 Å². The SMILES string of the molecule is CCNCC(C)c1c(C)nc(Cc2csc(C)n2)nc1C. The van der Waals surface area contributed by atoms with Gasteiger partial charge in [-0.05, 0) is 38.8 Å². The minimum absolute atomic E-state index is 0.431. The van der Waals surface area contributed by atoms with Gasteiger partial charge in [-0.2, -0.15) is 0 Å². The second kappa shape index (κ2) is 7.09. The van der Waals surface area contributed by atoms with Crippen molar-refractivity contribution in [2.75, 3.05) is 13.1 Å². The van der Waals surface area contributed by atoms with Gasteiger partial charge in [0.25, 0.3) is 0 Å². The quantitative estimate of drug-likeness (QED) is 0.890. The number of aromatic nitrogens is 3. The number of aryl methyl sites for hydroxylation is 3. The van der Waals surface area contributed by atoms with Gasteiger partial charge < -0.3 is 5.32 Å². The van der Waals surface area contributed by atoms with Gasteiger partial charge in [0.1, 0.15) is 5.82 Å². The van der Waals surface area contributed by atoms with Gasteiger partial charge >= 0.3 is 0 Å².